The summed E-state index contributed by atoms with van der Waals surface area (Å²) in [5, 5.41) is 8.84. The Morgan fingerprint density at radius 2 is 2.05 bits per heavy atom. The van der Waals surface area contributed by atoms with E-state index in [1.54, 1.807) is 24.3 Å². The molecule has 1 unspecified atom stereocenters. The summed E-state index contributed by atoms with van der Waals surface area (Å²) in [4.78, 5) is 24.9. The van der Waals surface area contributed by atoms with Crippen molar-refractivity contribution in [3.63, 3.8) is 0 Å². The van der Waals surface area contributed by atoms with E-state index in [9.17, 15) is 9.59 Å². The first-order valence-corrected chi connectivity index (χ1v) is 7.28. The summed E-state index contributed by atoms with van der Waals surface area (Å²) in [6.45, 7) is 4.09. The second kappa shape index (κ2) is 7.22. The van der Waals surface area contributed by atoms with E-state index in [2.05, 4.69) is 0 Å². The minimum atomic E-state index is -0.934. The fourth-order valence-corrected chi connectivity index (χ4v) is 2.44. The lowest BCUT2D eigenvalue weighted by Crippen LogP contribution is -2.36. The van der Waals surface area contributed by atoms with Crippen LogP contribution < -0.4 is 0 Å². The van der Waals surface area contributed by atoms with Crippen molar-refractivity contribution in [2.45, 2.75) is 32.3 Å². The zero-order valence-corrected chi connectivity index (χ0v) is 12.2. The van der Waals surface area contributed by atoms with E-state index >= 15 is 0 Å². The highest BCUT2D eigenvalue weighted by Crippen LogP contribution is 2.11. The van der Waals surface area contributed by atoms with Crippen LogP contribution >= 0.6 is 0 Å². The molecule has 1 atom stereocenters. The number of aromatic carboxylic acids is 1. The van der Waals surface area contributed by atoms with Crippen LogP contribution in [0.4, 0.5) is 0 Å². The van der Waals surface area contributed by atoms with Crippen molar-refractivity contribution in [3.05, 3.63) is 35.4 Å². The van der Waals surface area contributed by atoms with Gasteiger partial charge in [-0.15, -0.1) is 0 Å². The number of benzene rings is 1. The van der Waals surface area contributed by atoms with Crippen LogP contribution in [0.3, 0.4) is 0 Å². The van der Waals surface area contributed by atoms with Gasteiger partial charge < -0.3 is 14.7 Å². The summed E-state index contributed by atoms with van der Waals surface area (Å²) in [6, 6.07) is 6.68. The molecule has 1 amide bonds. The molecule has 0 aliphatic carbocycles. The topological polar surface area (TPSA) is 66.8 Å². The quantitative estimate of drug-likeness (QED) is 0.921. The first kappa shape index (κ1) is 15.5. The largest absolute Gasteiger partial charge is 0.478 e. The summed E-state index contributed by atoms with van der Waals surface area (Å²) in [5.41, 5.74) is 1.25. The zero-order chi connectivity index (χ0) is 15.2. The molecule has 1 heterocycles. The highest BCUT2D eigenvalue weighted by Gasteiger charge is 2.19. The predicted octanol–water partition coefficient (Wildman–Crippen LogP) is 1.95. The minimum Gasteiger partial charge on any atom is -0.478 e. The number of nitrogens with zero attached hydrogens (tertiary/aromatic N) is 1. The number of carbonyl (C=O) groups is 2. The molecule has 1 fully saturated rings. The lowest BCUT2D eigenvalue weighted by molar-refractivity contribution is -0.131. The Morgan fingerprint density at radius 1 is 1.33 bits per heavy atom. The van der Waals surface area contributed by atoms with Crippen LogP contribution in [0.2, 0.25) is 0 Å². The highest BCUT2D eigenvalue weighted by atomic mass is 16.5. The number of rotatable bonds is 4. The van der Waals surface area contributed by atoms with Gasteiger partial charge in [0.25, 0.3) is 0 Å². The zero-order valence-electron chi connectivity index (χ0n) is 12.2. The van der Waals surface area contributed by atoms with E-state index in [1.165, 1.54) is 0 Å². The second-order valence-electron chi connectivity index (χ2n) is 5.38. The molecule has 114 valence electrons. The summed E-state index contributed by atoms with van der Waals surface area (Å²) < 4.78 is 5.53. The number of aryl methyl sites for hydroxylation is 1. The highest BCUT2D eigenvalue weighted by molar-refractivity contribution is 5.87. The normalized spacial score (nSPS) is 19.1. The lowest BCUT2D eigenvalue weighted by Gasteiger charge is -2.22. The Kier molecular flexibility index (Phi) is 5.33. The molecule has 0 bridgehead atoms. The third kappa shape index (κ3) is 4.56. The van der Waals surface area contributed by atoms with E-state index in [-0.39, 0.29) is 17.6 Å². The SMILES string of the molecule is CC1CN(C(=O)CCc2ccc(C(=O)O)cc2)CCCO1. The Labute approximate surface area is 124 Å². The fraction of sp³-hybridized carbons (Fsp3) is 0.500. The molecule has 0 saturated carbocycles. The molecule has 1 aliphatic rings. The Balaban J connectivity index is 1.86. The molecule has 21 heavy (non-hydrogen) atoms. The molecule has 1 aromatic rings. The number of hydrogen-bond donors (Lipinski definition) is 1. The van der Waals surface area contributed by atoms with Gasteiger partial charge in [-0.3, -0.25) is 4.79 Å². The van der Waals surface area contributed by atoms with Gasteiger partial charge in [0, 0.05) is 26.1 Å². The van der Waals surface area contributed by atoms with E-state index in [4.69, 9.17) is 9.84 Å². The maximum atomic E-state index is 12.2. The summed E-state index contributed by atoms with van der Waals surface area (Å²) >= 11 is 0. The van der Waals surface area contributed by atoms with E-state index in [0.717, 1.165) is 18.5 Å². The van der Waals surface area contributed by atoms with Gasteiger partial charge in [0.1, 0.15) is 0 Å². The third-order valence-electron chi connectivity index (χ3n) is 3.63. The van der Waals surface area contributed by atoms with E-state index in [0.29, 0.717) is 26.0 Å². The number of carboxylic acid groups (broad SMARTS) is 1. The fourth-order valence-electron chi connectivity index (χ4n) is 2.44. The Bertz CT molecular complexity index is 498. The molecular formula is C16H21NO4. The van der Waals surface area contributed by atoms with Crippen molar-refractivity contribution >= 4 is 11.9 Å². The number of carbonyl (C=O) groups excluding carboxylic acids is 1. The summed E-state index contributed by atoms with van der Waals surface area (Å²) in [6.07, 6.45) is 2.04. The maximum Gasteiger partial charge on any atom is 0.335 e. The van der Waals surface area contributed by atoms with Crippen molar-refractivity contribution in [1.82, 2.24) is 4.90 Å². The van der Waals surface area contributed by atoms with Crippen LogP contribution in [0, 0.1) is 0 Å². The molecule has 1 N–H and O–H groups in total. The molecule has 1 aromatic carbocycles. The van der Waals surface area contributed by atoms with Crippen molar-refractivity contribution in [1.29, 1.82) is 0 Å². The molecule has 0 spiro atoms. The Morgan fingerprint density at radius 3 is 2.71 bits per heavy atom. The first-order chi connectivity index (χ1) is 10.1. The smallest absolute Gasteiger partial charge is 0.335 e. The van der Waals surface area contributed by atoms with Gasteiger partial charge in [-0.25, -0.2) is 4.79 Å². The average molecular weight is 291 g/mol. The number of amides is 1. The Hall–Kier alpha value is -1.88. The average Bonchev–Trinajstić information content (AvgIpc) is 2.70. The molecule has 0 radical (unpaired) electrons. The molecule has 2 rings (SSSR count). The molecule has 5 nitrogen and oxygen atoms in total. The van der Waals surface area contributed by atoms with Crippen molar-refractivity contribution < 1.29 is 19.4 Å². The summed E-state index contributed by atoms with van der Waals surface area (Å²) in [7, 11) is 0. The van der Waals surface area contributed by atoms with Crippen molar-refractivity contribution in [2.24, 2.45) is 0 Å². The van der Waals surface area contributed by atoms with Gasteiger partial charge in [-0.1, -0.05) is 12.1 Å². The standard InChI is InChI=1S/C16H21NO4/c1-12-11-17(9-2-10-21-12)15(18)8-5-13-3-6-14(7-4-13)16(19)20/h3-4,6-7,12H,2,5,8-11H2,1H3,(H,19,20). The van der Waals surface area contributed by atoms with Crippen molar-refractivity contribution in [3.8, 4) is 0 Å². The van der Waals surface area contributed by atoms with Crippen LogP contribution in [0.15, 0.2) is 24.3 Å². The van der Waals surface area contributed by atoms with Gasteiger partial charge in [0.15, 0.2) is 0 Å². The van der Waals surface area contributed by atoms with Gasteiger partial charge in [-0.2, -0.15) is 0 Å². The predicted molar refractivity (Wildman–Crippen MR) is 78.3 cm³/mol. The minimum absolute atomic E-state index is 0.0892. The third-order valence-corrected chi connectivity index (χ3v) is 3.63. The molecular weight excluding hydrogens is 270 g/mol. The van der Waals surface area contributed by atoms with Gasteiger partial charge in [-0.05, 0) is 37.5 Å². The van der Waals surface area contributed by atoms with Gasteiger partial charge in [0.05, 0.1) is 11.7 Å². The molecule has 1 aliphatic heterocycles. The van der Waals surface area contributed by atoms with Crippen LogP contribution in [0.1, 0.15) is 35.7 Å². The van der Waals surface area contributed by atoms with E-state index in [1.807, 2.05) is 11.8 Å². The second-order valence-corrected chi connectivity index (χ2v) is 5.38. The summed E-state index contributed by atoms with van der Waals surface area (Å²) in [5.74, 6) is -0.800. The monoisotopic (exact) mass is 291 g/mol. The van der Waals surface area contributed by atoms with E-state index < -0.39 is 5.97 Å². The van der Waals surface area contributed by atoms with Gasteiger partial charge in [0.2, 0.25) is 5.91 Å². The lowest BCUT2D eigenvalue weighted by atomic mass is 10.1. The van der Waals surface area contributed by atoms with Crippen LogP contribution in [0.25, 0.3) is 0 Å². The number of carboxylic acids is 1. The van der Waals surface area contributed by atoms with Crippen LogP contribution in [-0.4, -0.2) is 47.7 Å². The van der Waals surface area contributed by atoms with Crippen LogP contribution in [-0.2, 0) is 16.0 Å². The molecule has 1 saturated heterocycles. The number of hydrogen-bond acceptors (Lipinski definition) is 3. The van der Waals surface area contributed by atoms with Gasteiger partial charge >= 0.3 is 5.97 Å². The first-order valence-electron chi connectivity index (χ1n) is 7.28. The number of ether oxygens (including phenoxy) is 1. The molecule has 0 aromatic heterocycles. The van der Waals surface area contributed by atoms with Crippen LogP contribution in [0.5, 0.6) is 0 Å². The maximum absolute atomic E-state index is 12.2. The van der Waals surface area contributed by atoms with Crippen molar-refractivity contribution in [2.75, 3.05) is 19.7 Å². The molecule has 5 heteroatoms.